The summed E-state index contributed by atoms with van der Waals surface area (Å²) in [6.07, 6.45) is 2.51. The van der Waals surface area contributed by atoms with E-state index >= 15 is 0 Å². The average Bonchev–Trinajstić information content (AvgIpc) is 2.23. The summed E-state index contributed by atoms with van der Waals surface area (Å²) in [5.41, 5.74) is 9.38. The first-order chi connectivity index (χ1) is 6.77. The second-order valence-electron chi connectivity index (χ2n) is 4.14. The molecule has 14 heavy (non-hydrogen) atoms. The quantitative estimate of drug-likeness (QED) is 0.665. The minimum Gasteiger partial charge on any atom is -0.399 e. The first-order valence-electron chi connectivity index (χ1n) is 5.34. The number of aryl methyl sites for hydroxylation is 1. The maximum Gasteiger partial charge on any atom is 0.0343 e. The zero-order valence-electron chi connectivity index (χ0n) is 8.72. The summed E-state index contributed by atoms with van der Waals surface area (Å²) < 4.78 is 0. The van der Waals surface area contributed by atoms with E-state index in [-0.39, 0.29) is 0 Å². The Morgan fingerprint density at radius 3 is 2.64 bits per heavy atom. The Balaban J connectivity index is 2.18. The van der Waals surface area contributed by atoms with Crippen molar-refractivity contribution in [3.8, 4) is 0 Å². The molecule has 1 heterocycles. The molecule has 2 heteroatoms. The molecule has 0 aromatic heterocycles. The van der Waals surface area contributed by atoms with Gasteiger partial charge in [-0.2, -0.15) is 0 Å². The van der Waals surface area contributed by atoms with Crippen LogP contribution in [0.4, 0.5) is 5.69 Å². The zero-order valence-corrected chi connectivity index (χ0v) is 8.72. The Labute approximate surface area is 85.5 Å². The van der Waals surface area contributed by atoms with E-state index in [4.69, 9.17) is 5.73 Å². The number of hydrogen-bond acceptors (Lipinski definition) is 2. The molecular formula is C12H18N2. The van der Waals surface area contributed by atoms with Gasteiger partial charge in [0, 0.05) is 5.69 Å². The summed E-state index contributed by atoms with van der Waals surface area (Å²) in [5.74, 6) is 0.732. The van der Waals surface area contributed by atoms with Gasteiger partial charge in [0.15, 0.2) is 0 Å². The van der Waals surface area contributed by atoms with Gasteiger partial charge < -0.3 is 11.1 Å². The molecule has 1 aliphatic rings. The van der Waals surface area contributed by atoms with Crippen molar-refractivity contribution in [3.63, 3.8) is 0 Å². The summed E-state index contributed by atoms with van der Waals surface area (Å²) in [7, 11) is 0. The number of rotatable bonds is 1. The predicted molar refractivity (Wildman–Crippen MR) is 60.4 cm³/mol. The average molecular weight is 190 g/mol. The first-order valence-corrected chi connectivity index (χ1v) is 5.34. The molecule has 1 saturated heterocycles. The van der Waals surface area contributed by atoms with E-state index in [1.807, 2.05) is 6.07 Å². The second kappa shape index (κ2) is 4.01. The van der Waals surface area contributed by atoms with Crippen LogP contribution in [0, 0.1) is 6.92 Å². The number of piperidine rings is 1. The highest BCUT2D eigenvalue weighted by molar-refractivity contribution is 5.48. The van der Waals surface area contributed by atoms with Gasteiger partial charge in [0.05, 0.1) is 0 Å². The van der Waals surface area contributed by atoms with E-state index in [1.165, 1.54) is 24.0 Å². The largest absolute Gasteiger partial charge is 0.399 e. The van der Waals surface area contributed by atoms with Gasteiger partial charge in [0.25, 0.3) is 0 Å². The third-order valence-electron chi connectivity index (χ3n) is 3.10. The lowest BCUT2D eigenvalue weighted by molar-refractivity contribution is 0.460. The molecule has 3 N–H and O–H groups in total. The lowest BCUT2D eigenvalue weighted by Crippen LogP contribution is -2.26. The Morgan fingerprint density at radius 2 is 2.00 bits per heavy atom. The van der Waals surface area contributed by atoms with Crippen LogP contribution in [0.2, 0.25) is 0 Å². The fourth-order valence-electron chi connectivity index (χ4n) is 2.11. The van der Waals surface area contributed by atoms with Gasteiger partial charge in [-0.25, -0.2) is 0 Å². The van der Waals surface area contributed by atoms with Gasteiger partial charge in [0.2, 0.25) is 0 Å². The Kier molecular flexibility index (Phi) is 2.73. The van der Waals surface area contributed by atoms with E-state index in [2.05, 4.69) is 24.4 Å². The normalized spacial score (nSPS) is 18.4. The van der Waals surface area contributed by atoms with Crippen LogP contribution in [-0.4, -0.2) is 13.1 Å². The van der Waals surface area contributed by atoms with Gasteiger partial charge >= 0.3 is 0 Å². The molecular weight excluding hydrogens is 172 g/mol. The van der Waals surface area contributed by atoms with E-state index in [0.29, 0.717) is 0 Å². The fourth-order valence-corrected chi connectivity index (χ4v) is 2.11. The minimum atomic E-state index is 0.732. The lowest BCUT2D eigenvalue weighted by atomic mass is 9.89. The second-order valence-corrected chi connectivity index (χ2v) is 4.14. The van der Waals surface area contributed by atoms with Crippen molar-refractivity contribution in [2.45, 2.75) is 25.7 Å². The van der Waals surface area contributed by atoms with Gasteiger partial charge in [-0.3, -0.25) is 0 Å². The minimum absolute atomic E-state index is 0.732. The first kappa shape index (κ1) is 9.53. The standard InChI is InChI=1S/C12H18N2/c1-9-8-11(2-3-12(9)13)10-4-6-14-7-5-10/h2-3,8,10,14H,4-7,13H2,1H3. The number of nitrogen functional groups attached to an aromatic ring is 1. The fraction of sp³-hybridized carbons (Fsp3) is 0.500. The third-order valence-corrected chi connectivity index (χ3v) is 3.10. The van der Waals surface area contributed by atoms with E-state index in [1.54, 1.807) is 0 Å². The lowest BCUT2D eigenvalue weighted by Gasteiger charge is -2.23. The Morgan fingerprint density at radius 1 is 1.29 bits per heavy atom. The van der Waals surface area contributed by atoms with E-state index in [0.717, 1.165) is 24.7 Å². The van der Waals surface area contributed by atoms with E-state index < -0.39 is 0 Å². The number of nitrogens with one attached hydrogen (secondary N) is 1. The van der Waals surface area contributed by atoms with Crippen molar-refractivity contribution < 1.29 is 0 Å². The highest BCUT2D eigenvalue weighted by atomic mass is 14.9. The zero-order chi connectivity index (χ0) is 9.97. The van der Waals surface area contributed by atoms with Crippen LogP contribution in [0.1, 0.15) is 29.9 Å². The number of benzene rings is 1. The SMILES string of the molecule is Cc1cc(C2CCNCC2)ccc1N. The van der Waals surface area contributed by atoms with Crippen molar-refractivity contribution in [1.29, 1.82) is 0 Å². The van der Waals surface area contributed by atoms with Crippen LogP contribution in [0.25, 0.3) is 0 Å². The van der Waals surface area contributed by atoms with E-state index in [9.17, 15) is 0 Å². The van der Waals surface area contributed by atoms with Gasteiger partial charge in [-0.1, -0.05) is 12.1 Å². The maximum atomic E-state index is 5.81. The highest BCUT2D eigenvalue weighted by Crippen LogP contribution is 2.27. The van der Waals surface area contributed by atoms with Crippen LogP contribution >= 0.6 is 0 Å². The molecule has 0 saturated carbocycles. The van der Waals surface area contributed by atoms with Crippen molar-refractivity contribution in [2.75, 3.05) is 18.8 Å². The summed E-state index contributed by atoms with van der Waals surface area (Å²) in [4.78, 5) is 0. The van der Waals surface area contributed by atoms with Crippen LogP contribution in [0.3, 0.4) is 0 Å². The van der Waals surface area contributed by atoms with Crippen LogP contribution in [-0.2, 0) is 0 Å². The summed E-state index contributed by atoms with van der Waals surface area (Å²) >= 11 is 0. The van der Waals surface area contributed by atoms with Crippen LogP contribution in [0.15, 0.2) is 18.2 Å². The van der Waals surface area contributed by atoms with Crippen LogP contribution < -0.4 is 11.1 Å². The van der Waals surface area contributed by atoms with Crippen molar-refractivity contribution in [1.82, 2.24) is 5.32 Å². The summed E-state index contributed by atoms with van der Waals surface area (Å²) in [6.45, 7) is 4.38. The Bertz CT molecular complexity index is 314. The van der Waals surface area contributed by atoms with Gasteiger partial charge in [-0.05, 0) is 56.0 Å². The molecule has 2 rings (SSSR count). The molecule has 0 spiro atoms. The molecule has 1 fully saturated rings. The molecule has 1 aromatic rings. The maximum absolute atomic E-state index is 5.81. The number of anilines is 1. The van der Waals surface area contributed by atoms with Gasteiger partial charge in [0.1, 0.15) is 0 Å². The molecule has 76 valence electrons. The Hall–Kier alpha value is -1.02. The predicted octanol–water partition coefficient (Wildman–Crippen LogP) is 2.04. The number of nitrogens with two attached hydrogens (primary N) is 1. The smallest absolute Gasteiger partial charge is 0.0343 e. The molecule has 0 unspecified atom stereocenters. The summed E-state index contributed by atoms with van der Waals surface area (Å²) in [5, 5.41) is 3.39. The molecule has 0 amide bonds. The highest BCUT2D eigenvalue weighted by Gasteiger charge is 2.15. The topological polar surface area (TPSA) is 38.0 Å². The monoisotopic (exact) mass is 190 g/mol. The molecule has 1 aliphatic heterocycles. The molecule has 0 bridgehead atoms. The van der Waals surface area contributed by atoms with Crippen molar-refractivity contribution in [3.05, 3.63) is 29.3 Å². The number of hydrogen-bond donors (Lipinski definition) is 2. The molecule has 0 radical (unpaired) electrons. The van der Waals surface area contributed by atoms with Crippen molar-refractivity contribution >= 4 is 5.69 Å². The molecule has 0 aliphatic carbocycles. The summed E-state index contributed by atoms with van der Waals surface area (Å²) in [6, 6.07) is 6.45. The molecule has 2 nitrogen and oxygen atoms in total. The van der Waals surface area contributed by atoms with Gasteiger partial charge in [-0.15, -0.1) is 0 Å². The molecule has 0 atom stereocenters. The molecule has 1 aromatic carbocycles. The van der Waals surface area contributed by atoms with Crippen LogP contribution in [0.5, 0.6) is 0 Å². The van der Waals surface area contributed by atoms with Crippen molar-refractivity contribution in [2.24, 2.45) is 0 Å². The third kappa shape index (κ3) is 1.90.